The molecule has 0 aliphatic rings. The van der Waals surface area contributed by atoms with Crippen molar-refractivity contribution in [1.82, 2.24) is 0 Å². The third-order valence-corrected chi connectivity index (χ3v) is 7.05. The zero-order valence-corrected chi connectivity index (χ0v) is 16.9. The molecule has 0 aromatic rings. The summed E-state index contributed by atoms with van der Waals surface area (Å²) < 4.78 is 10.9. The maximum atomic E-state index is 10.9. The zero-order chi connectivity index (χ0) is 13.0. The van der Waals surface area contributed by atoms with Gasteiger partial charge in [-0.05, 0) is 24.6 Å². The van der Waals surface area contributed by atoms with Gasteiger partial charge in [0.15, 0.2) is 6.49 Å². The van der Waals surface area contributed by atoms with Crippen LogP contribution in [0.2, 0.25) is 0 Å². The number of hydrogen-bond donors (Lipinski definition) is 5. The minimum absolute atomic E-state index is 0. The first-order valence-corrected chi connectivity index (χ1v) is 8.83. The smallest absolute Gasteiger partial charge is 0.338 e. The van der Waals surface area contributed by atoms with Crippen LogP contribution in [-0.4, -0.2) is 95.2 Å². The number of unbranched alkanes of at least 4 members (excludes halogenated alkanes) is 1. The van der Waals surface area contributed by atoms with E-state index >= 15 is 0 Å². The second kappa shape index (κ2) is 10.9. The molecule has 0 amide bonds. The Bertz CT molecular complexity index is 319. The molecule has 0 aromatic carbocycles. The molecule has 1 atom stereocenters. The average Bonchev–Trinajstić information content (AvgIpc) is 1.97. The topological polar surface area (TPSA) is 135 Å². The predicted molar refractivity (Wildman–Crippen MR) is 72.2 cm³/mol. The van der Waals surface area contributed by atoms with Gasteiger partial charge in [0, 0.05) is 65.5 Å². The quantitative estimate of drug-likeness (QED) is 0.242. The molecular formula is C6H14Na2O7P2S. The summed E-state index contributed by atoms with van der Waals surface area (Å²) in [6.45, 7) is -4.04. The molecule has 0 spiro atoms. The largest absolute Gasteiger partial charge is 0.481 e. The van der Waals surface area contributed by atoms with Crippen LogP contribution >= 0.6 is 14.1 Å². The molecule has 18 heavy (non-hydrogen) atoms. The van der Waals surface area contributed by atoms with Crippen molar-refractivity contribution in [2.75, 3.05) is 0 Å². The van der Waals surface area contributed by atoms with Crippen LogP contribution in [0.25, 0.3) is 0 Å². The minimum Gasteiger partial charge on any atom is -0.481 e. The van der Waals surface area contributed by atoms with Crippen molar-refractivity contribution in [3.8, 4) is 0 Å². The van der Waals surface area contributed by atoms with Gasteiger partial charge in [0.25, 0.3) is 0 Å². The average molecular weight is 338 g/mol. The van der Waals surface area contributed by atoms with E-state index in [1.165, 1.54) is 0 Å². The number of hydrogen-bond acceptors (Lipinski definition) is 3. The van der Waals surface area contributed by atoms with Gasteiger partial charge in [-0.3, -0.25) is 9.36 Å². The van der Waals surface area contributed by atoms with E-state index in [4.69, 9.17) is 24.7 Å². The molecule has 98 valence electrons. The van der Waals surface area contributed by atoms with Crippen LogP contribution in [-0.2, 0) is 21.2 Å². The molecule has 0 aromatic heterocycles. The summed E-state index contributed by atoms with van der Waals surface area (Å²) in [4.78, 5) is 46.1. The van der Waals surface area contributed by atoms with Gasteiger partial charge in [0.05, 0.1) is 0 Å². The molecule has 12 heteroatoms. The normalized spacial score (nSPS) is 13.1. The van der Waals surface area contributed by atoms with Crippen molar-refractivity contribution >= 4 is 91.0 Å². The van der Waals surface area contributed by atoms with Gasteiger partial charge in [-0.2, -0.15) is 0 Å². The first-order valence-electron chi connectivity index (χ1n) is 4.37. The third-order valence-electron chi connectivity index (χ3n) is 1.88. The summed E-state index contributed by atoms with van der Waals surface area (Å²) in [6.07, 6.45) is 0.0538. The first-order chi connectivity index (χ1) is 7.05. The Labute approximate surface area is 154 Å². The van der Waals surface area contributed by atoms with E-state index in [-0.39, 0.29) is 84.8 Å². The Morgan fingerprint density at radius 3 is 1.83 bits per heavy atom. The Morgan fingerprint density at radius 1 is 1.11 bits per heavy atom. The Morgan fingerprint density at radius 2 is 1.56 bits per heavy atom. The van der Waals surface area contributed by atoms with Crippen LogP contribution in [0.5, 0.6) is 0 Å². The van der Waals surface area contributed by atoms with E-state index in [0.29, 0.717) is 0 Å². The van der Waals surface area contributed by atoms with E-state index in [1.54, 1.807) is 0 Å². The van der Waals surface area contributed by atoms with Gasteiger partial charge in [-0.15, -0.1) is 0 Å². The van der Waals surface area contributed by atoms with Crippen molar-refractivity contribution in [2.24, 2.45) is 0 Å². The molecular weight excluding hydrogens is 324 g/mol. The standard InChI is InChI=1S/C6H14O7P2S.2Na/c7-5(8)3-1-2-4-6(14(9,10)11)15(12,13)16;;/h6H,1-4H2,(H,7,8)(H2,9,10,11)(H2,12,13,16);;. The summed E-state index contributed by atoms with van der Waals surface area (Å²) in [7, 11) is -4.66. The predicted octanol–water partition coefficient (Wildman–Crippen LogP) is -0.332. The van der Waals surface area contributed by atoms with Crippen LogP contribution in [0.15, 0.2) is 0 Å². The van der Waals surface area contributed by atoms with Gasteiger partial charge in [-0.25, -0.2) is 0 Å². The van der Waals surface area contributed by atoms with Crippen molar-refractivity contribution in [3.05, 3.63) is 0 Å². The number of carbonyl (C=O) groups is 1. The summed E-state index contributed by atoms with van der Waals surface area (Å²) in [5.74, 6) is -1.01. The maximum absolute atomic E-state index is 10.9. The Balaban J connectivity index is -0.00000112. The van der Waals surface area contributed by atoms with E-state index in [0.717, 1.165) is 0 Å². The Hall–Kier alpha value is 2.19. The minimum atomic E-state index is -4.66. The molecule has 5 N–H and O–H groups in total. The second-order valence-electron chi connectivity index (χ2n) is 3.30. The molecule has 0 rings (SSSR count). The molecule has 1 unspecified atom stereocenters. The van der Waals surface area contributed by atoms with Gasteiger partial charge in [0.1, 0.15) is 5.40 Å². The fourth-order valence-electron chi connectivity index (χ4n) is 1.14. The SMILES string of the molecule is O=C(O)CCCCC(P(=O)(O)O)P(O)(O)=S.[Na].[Na]. The monoisotopic (exact) mass is 338 g/mol. The molecule has 7 nitrogen and oxygen atoms in total. The molecule has 0 aliphatic carbocycles. The van der Waals surface area contributed by atoms with Crippen molar-refractivity contribution in [3.63, 3.8) is 0 Å². The van der Waals surface area contributed by atoms with E-state index in [1.807, 2.05) is 0 Å². The molecule has 0 heterocycles. The molecule has 0 aliphatic heterocycles. The van der Waals surface area contributed by atoms with Crippen LogP contribution in [0.3, 0.4) is 0 Å². The van der Waals surface area contributed by atoms with E-state index < -0.39 is 25.5 Å². The number of carboxylic acid groups (broad SMARTS) is 1. The first kappa shape index (κ1) is 25.2. The molecule has 0 saturated heterocycles. The number of rotatable bonds is 7. The third kappa shape index (κ3) is 12.0. The van der Waals surface area contributed by atoms with Gasteiger partial charge in [-0.1, -0.05) is 6.42 Å². The maximum Gasteiger partial charge on any atom is 0.338 e. The van der Waals surface area contributed by atoms with E-state index in [2.05, 4.69) is 11.8 Å². The van der Waals surface area contributed by atoms with Crippen LogP contribution in [0.1, 0.15) is 25.7 Å². The van der Waals surface area contributed by atoms with Gasteiger partial charge >= 0.3 is 13.6 Å². The van der Waals surface area contributed by atoms with Crippen LogP contribution in [0, 0.1) is 0 Å². The van der Waals surface area contributed by atoms with Crippen molar-refractivity contribution in [1.29, 1.82) is 0 Å². The molecule has 0 saturated carbocycles. The second-order valence-corrected chi connectivity index (χ2v) is 8.92. The summed E-state index contributed by atoms with van der Waals surface area (Å²) in [5.41, 5.74) is 0. The fraction of sp³-hybridized carbons (Fsp3) is 0.833. The van der Waals surface area contributed by atoms with Crippen molar-refractivity contribution in [2.45, 2.75) is 31.1 Å². The summed E-state index contributed by atoms with van der Waals surface area (Å²) in [6, 6.07) is 0. The van der Waals surface area contributed by atoms with E-state index in [9.17, 15) is 9.36 Å². The Kier molecular flexibility index (Phi) is 15.2. The molecule has 0 bridgehead atoms. The number of carboxylic acids is 1. The van der Waals surface area contributed by atoms with Crippen molar-refractivity contribution < 1.29 is 34.0 Å². The van der Waals surface area contributed by atoms with Gasteiger partial charge < -0.3 is 24.7 Å². The van der Waals surface area contributed by atoms with Crippen LogP contribution < -0.4 is 0 Å². The molecule has 0 fully saturated rings. The number of aliphatic carboxylic acids is 1. The van der Waals surface area contributed by atoms with Crippen LogP contribution in [0.4, 0.5) is 0 Å². The summed E-state index contributed by atoms with van der Waals surface area (Å²) in [5, 5.41) is 6.67. The fourth-order valence-corrected chi connectivity index (χ4v) is 5.16. The van der Waals surface area contributed by atoms with Gasteiger partial charge in [0.2, 0.25) is 0 Å². The molecule has 2 radical (unpaired) electrons. The zero-order valence-electron chi connectivity index (χ0n) is 10.3. The summed E-state index contributed by atoms with van der Waals surface area (Å²) >= 11 is 4.27.